The van der Waals surface area contributed by atoms with Crippen LogP contribution in [0.4, 0.5) is 4.39 Å². The van der Waals surface area contributed by atoms with Crippen molar-refractivity contribution in [1.29, 1.82) is 0 Å². The third-order valence-corrected chi connectivity index (χ3v) is 4.51. The van der Waals surface area contributed by atoms with Gasteiger partial charge in [-0.3, -0.25) is 0 Å². The van der Waals surface area contributed by atoms with Gasteiger partial charge in [0.15, 0.2) is 0 Å². The summed E-state index contributed by atoms with van der Waals surface area (Å²) in [6.07, 6.45) is 7.74. The highest BCUT2D eigenvalue weighted by Gasteiger charge is 2.37. The van der Waals surface area contributed by atoms with Gasteiger partial charge in [0.1, 0.15) is 5.67 Å². The molecule has 1 aromatic rings. The number of halogens is 1. The van der Waals surface area contributed by atoms with Crippen LogP contribution >= 0.6 is 0 Å². The molecule has 1 saturated carbocycles. The fourth-order valence-electron chi connectivity index (χ4n) is 3.23. The fourth-order valence-corrected chi connectivity index (χ4v) is 3.23. The summed E-state index contributed by atoms with van der Waals surface area (Å²) < 4.78 is 15.4. The Morgan fingerprint density at radius 1 is 1.29 bits per heavy atom. The first-order valence-electron chi connectivity index (χ1n) is 7.69. The molecule has 0 saturated heterocycles. The summed E-state index contributed by atoms with van der Waals surface area (Å²) in [6.45, 7) is 3.81. The van der Waals surface area contributed by atoms with Gasteiger partial charge in [0, 0.05) is 12.3 Å². The largest absolute Gasteiger partial charge is 0.478 e. The monoisotopic (exact) mass is 290 g/mol. The van der Waals surface area contributed by atoms with Gasteiger partial charge in [-0.05, 0) is 30.5 Å². The molecule has 0 aliphatic heterocycles. The minimum atomic E-state index is -1.26. The lowest BCUT2D eigenvalue weighted by molar-refractivity contribution is 0.0697. The maximum absolute atomic E-state index is 15.4. The molecule has 3 heteroatoms. The van der Waals surface area contributed by atoms with E-state index in [1.54, 1.807) is 30.3 Å². The fraction of sp³-hybridized carbons (Fsp3) is 0.500. The van der Waals surface area contributed by atoms with Gasteiger partial charge in [-0.25, -0.2) is 9.18 Å². The number of carboxylic acid groups (broad SMARTS) is 1. The lowest BCUT2D eigenvalue weighted by Crippen LogP contribution is -2.35. The molecule has 1 aliphatic carbocycles. The predicted octanol–water partition coefficient (Wildman–Crippen LogP) is 4.79. The van der Waals surface area contributed by atoms with Gasteiger partial charge in [-0.15, -0.1) is 6.58 Å². The molecule has 2 atom stereocenters. The number of benzene rings is 1. The van der Waals surface area contributed by atoms with Crippen LogP contribution in [0.15, 0.2) is 36.9 Å². The van der Waals surface area contributed by atoms with E-state index in [4.69, 9.17) is 5.11 Å². The molecular weight excluding hydrogens is 267 g/mol. The third kappa shape index (κ3) is 3.93. The zero-order valence-electron chi connectivity index (χ0n) is 12.4. The van der Waals surface area contributed by atoms with Gasteiger partial charge < -0.3 is 5.11 Å². The average molecular weight is 290 g/mol. The van der Waals surface area contributed by atoms with Gasteiger partial charge in [-0.1, -0.05) is 43.9 Å². The van der Waals surface area contributed by atoms with E-state index in [0.717, 1.165) is 31.2 Å². The zero-order chi connectivity index (χ0) is 15.3. The number of carboxylic acids is 1. The molecule has 1 aliphatic rings. The number of carbonyl (C=O) groups is 1. The Hall–Kier alpha value is -1.64. The van der Waals surface area contributed by atoms with Crippen LogP contribution < -0.4 is 0 Å². The Labute approximate surface area is 125 Å². The molecule has 1 aromatic carbocycles. The summed E-state index contributed by atoms with van der Waals surface area (Å²) in [5.74, 6) is -1.07. The SMILES string of the molecule is C=CC1CCCCCCC1(F)Cc1ccc(C(=O)O)cc1. The molecule has 0 aromatic heterocycles. The number of alkyl halides is 1. The second-order valence-electron chi connectivity index (χ2n) is 6.01. The molecule has 0 amide bonds. The normalized spacial score (nSPS) is 26.6. The molecule has 0 spiro atoms. The number of aromatic carboxylic acids is 1. The van der Waals surface area contributed by atoms with Crippen molar-refractivity contribution in [3.8, 4) is 0 Å². The van der Waals surface area contributed by atoms with E-state index >= 15 is 4.39 Å². The summed E-state index contributed by atoms with van der Waals surface area (Å²) in [6, 6.07) is 6.55. The van der Waals surface area contributed by atoms with E-state index < -0.39 is 11.6 Å². The highest BCUT2D eigenvalue weighted by molar-refractivity contribution is 5.87. The maximum atomic E-state index is 15.4. The predicted molar refractivity (Wildman–Crippen MR) is 82.3 cm³/mol. The van der Waals surface area contributed by atoms with Crippen LogP contribution in [0.3, 0.4) is 0 Å². The zero-order valence-corrected chi connectivity index (χ0v) is 12.4. The van der Waals surface area contributed by atoms with Gasteiger partial charge >= 0.3 is 5.97 Å². The molecule has 2 nitrogen and oxygen atoms in total. The van der Waals surface area contributed by atoms with Crippen LogP contribution in [0.5, 0.6) is 0 Å². The molecule has 114 valence electrons. The van der Waals surface area contributed by atoms with Gasteiger partial charge in [-0.2, -0.15) is 0 Å². The van der Waals surface area contributed by atoms with E-state index in [1.807, 2.05) is 0 Å². The highest BCUT2D eigenvalue weighted by Crippen LogP contribution is 2.38. The topological polar surface area (TPSA) is 37.3 Å². The summed E-state index contributed by atoms with van der Waals surface area (Å²) >= 11 is 0. The Morgan fingerprint density at radius 2 is 1.95 bits per heavy atom. The highest BCUT2D eigenvalue weighted by atomic mass is 19.1. The Bertz CT molecular complexity index is 494. The van der Waals surface area contributed by atoms with Crippen LogP contribution in [-0.2, 0) is 6.42 Å². The quantitative estimate of drug-likeness (QED) is 0.809. The Morgan fingerprint density at radius 3 is 2.57 bits per heavy atom. The van der Waals surface area contributed by atoms with Crippen molar-refractivity contribution in [1.82, 2.24) is 0 Å². The average Bonchev–Trinajstić information content (AvgIpc) is 2.44. The van der Waals surface area contributed by atoms with Crippen molar-refractivity contribution in [3.63, 3.8) is 0 Å². The summed E-state index contributed by atoms with van der Waals surface area (Å²) in [4.78, 5) is 10.9. The van der Waals surface area contributed by atoms with Crippen LogP contribution in [0.2, 0.25) is 0 Å². The van der Waals surface area contributed by atoms with Crippen LogP contribution in [-0.4, -0.2) is 16.7 Å². The van der Waals surface area contributed by atoms with Crippen LogP contribution in [0.25, 0.3) is 0 Å². The number of hydrogen-bond acceptors (Lipinski definition) is 1. The van der Waals surface area contributed by atoms with Crippen molar-refractivity contribution in [3.05, 3.63) is 48.0 Å². The molecule has 2 unspecified atom stereocenters. The van der Waals surface area contributed by atoms with Crippen LogP contribution in [0, 0.1) is 5.92 Å². The molecular formula is C18H23FO2. The van der Waals surface area contributed by atoms with Crippen molar-refractivity contribution in [2.45, 2.75) is 50.6 Å². The Balaban J connectivity index is 2.16. The molecule has 21 heavy (non-hydrogen) atoms. The van der Waals surface area contributed by atoms with E-state index in [-0.39, 0.29) is 11.5 Å². The maximum Gasteiger partial charge on any atom is 0.335 e. The second-order valence-corrected chi connectivity index (χ2v) is 6.01. The van der Waals surface area contributed by atoms with E-state index in [1.165, 1.54) is 6.42 Å². The first-order valence-corrected chi connectivity index (χ1v) is 7.69. The molecule has 1 N–H and O–H groups in total. The van der Waals surface area contributed by atoms with E-state index in [2.05, 4.69) is 6.58 Å². The number of allylic oxidation sites excluding steroid dienone is 1. The molecule has 0 radical (unpaired) electrons. The van der Waals surface area contributed by atoms with Crippen molar-refractivity contribution in [2.75, 3.05) is 0 Å². The van der Waals surface area contributed by atoms with Gasteiger partial charge in [0.2, 0.25) is 0 Å². The molecule has 2 rings (SSSR count). The van der Waals surface area contributed by atoms with E-state index in [9.17, 15) is 4.79 Å². The summed E-state index contributed by atoms with van der Waals surface area (Å²) in [5.41, 5.74) is -0.160. The first kappa shape index (κ1) is 15.7. The number of hydrogen-bond donors (Lipinski definition) is 1. The molecule has 0 bridgehead atoms. The molecule has 1 fully saturated rings. The first-order chi connectivity index (χ1) is 10.0. The van der Waals surface area contributed by atoms with E-state index in [0.29, 0.717) is 12.8 Å². The standard InChI is InChI=1S/C18H23FO2/c1-2-16-7-5-3-4-6-12-18(16,19)13-14-8-10-15(11-9-14)17(20)21/h2,8-11,16H,1,3-7,12-13H2,(H,20,21). The second kappa shape index (κ2) is 6.88. The van der Waals surface area contributed by atoms with Crippen LogP contribution in [0.1, 0.15) is 54.4 Å². The third-order valence-electron chi connectivity index (χ3n) is 4.51. The lowest BCUT2D eigenvalue weighted by Gasteiger charge is -2.34. The lowest BCUT2D eigenvalue weighted by atomic mass is 9.76. The number of rotatable bonds is 4. The van der Waals surface area contributed by atoms with Gasteiger partial charge in [0.05, 0.1) is 5.56 Å². The summed E-state index contributed by atoms with van der Waals surface area (Å²) in [7, 11) is 0. The van der Waals surface area contributed by atoms with Gasteiger partial charge in [0.25, 0.3) is 0 Å². The minimum Gasteiger partial charge on any atom is -0.478 e. The van der Waals surface area contributed by atoms with Crippen molar-refractivity contribution >= 4 is 5.97 Å². The minimum absolute atomic E-state index is 0.114. The Kier molecular flexibility index (Phi) is 5.16. The summed E-state index contributed by atoms with van der Waals surface area (Å²) in [5, 5.41) is 8.91. The smallest absolute Gasteiger partial charge is 0.335 e. The molecule has 0 heterocycles. The van der Waals surface area contributed by atoms with Crippen molar-refractivity contribution < 1.29 is 14.3 Å². The van der Waals surface area contributed by atoms with Crippen molar-refractivity contribution in [2.24, 2.45) is 5.92 Å².